The molecule has 1 atom stereocenters. The average molecular weight is 327 g/mol. The Bertz CT molecular complexity index is 698. The van der Waals surface area contributed by atoms with Gasteiger partial charge in [0.1, 0.15) is 5.75 Å². The first-order valence-corrected chi connectivity index (χ1v) is 6.86. The quantitative estimate of drug-likeness (QED) is 0.888. The van der Waals surface area contributed by atoms with E-state index in [1.54, 1.807) is 12.1 Å². The van der Waals surface area contributed by atoms with Crippen LogP contribution in [0.5, 0.6) is 5.75 Å². The number of alkyl halides is 3. The molecule has 0 heterocycles. The molecule has 0 radical (unpaired) electrons. The number of hydrogen-bond donors (Lipinski definition) is 2. The van der Waals surface area contributed by atoms with Gasteiger partial charge in [-0.15, -0.1) is 0 Å². The number of aliphatic hydroxyl groups is 1. The molecule has 1 amide bonds. The van der Waals surface area contributed by atoms with Gasteiger partial charge in [0.2, 0.25) is 0 Å². The van der Waals surface area contributed by atoms with Crippen molar-refractivity contribution in [1.82, 2.24) is 5.32 Å². The summed E-state index contributed by atoms with van der Waals surface area (Å²) in [6, 6.07) is 12.8. The minimum Gasteiger partial charge on any atom is -0.484 e. The Balaban J connectivity index is 1.88. The predicted octanol–water partition coefficient (Wildman–Crippen LogP) is 2.65. The van der Waals surface area contributed by atoms with Crippen molar-refractivity contribution in [2.45, 2.75) is 18.7 Å². The van der Waals surface area contributed by atoms with Crippen molar-refractivity contribution in [2.75, 3.05) is 13.2 Å². The molecular formula is C16H16F3NO3. The lowest BCUT2D eigenvalue weighted by Gasteiger charge is -2.26. The summed E-state index contributed by atoms with van der Waals surface area (Å²) in [6.45, 7) is -0.778. The molecule has 0 aliphatic heterocycles. The van der Waals surface area contributed by atoms with E-state index in [0.717, 1.165) is 10.8 Å². The summed E-state index contributed by atoms with van der Waals surface area (Å²) in [7, 11) is 0. The molecule has 4 nitrogen and oxygen atoms in total. The summed E-state index contributed by atoms with van der Waals surface area (Å²) in [6.07, 6.45) is -4.82. The molecule has 0 aromatic heterocycles. The molecule has 0 saturated heterocycles. The summed E-state index contributed by atoms with van der Waals surface area (Å²) < 4.78 is 42.6. The first-order chi connectivity index (χ1) is 10.7. The normalized spacial score (nSPS) is 14.3. The number of rotatable bonds is 5. The molecule has 1 unspecified atom stereocenters. The minimum absolute atomic E-state index is 0.432. The number of halogens is 3. The van der Waals surface area contributed by atoms with Gasteiger partial charge in [0.25, 0.3) is 5.91 Å². The van der Waals surface area contributed by atoms with Crippen molar-refractivity contribution < 1.29 is 27.8 Å². The van der Waals surface area contributed by atoms with Crippen LogP contribution in [-0.2, 0) is 4.79 Å². The van der Waals surface area contributed by atoms with Crippen LogP contribution in [0.2, 0.25) is 0 Å². The third-order valence-corrected chi connectivity index (χ3v) is 3.33. The third-order valence-electron chi connectivity index (χ3n) is 3.33. The maximum Gasteiger partial charge on any atom is 0.418 e. The zero-order chi connectivity index (χ0) is 17.1. The Labute approximate surface area is 130 Å². The highest BCUT2D eigenvalue weighted by molar-refractivity contribution is 5.84. The first-order valence-electron chi connectivity index (χ1n) is 6.86. The van der Waals surface area contributed by atoms with Crippen LogP contribution in [-0.4, -0.2) is 35.9 Å². The predicted molar refractivity (Wildman–Crippen MR) is 79.1 cm³/mol. The highest BCUT2D eigenvalue weighted by Crippen LogP contribution is 2.29. The maximum absolute atomic E-state index is 12.5. The van der Waals surface area contributed by atoms with Crippen LogP contribution in [0, 0.1) is 0 Å². The largest absolute Gasteiger partial charge is 0.484 e. The molecule has 2 N–H and O–H groups in total. The molecule has 0 fully saturated rings. The Morgan fingerprint density at radius 3 is 2.48 bits per heavy atom. The van der Waals surface area contributed by atoms with Gasteiger partial charge in [-0.1, -0.05) is 30.3 Å². The second-order valence-corrected chi connectivity index (χ2v) is 5.35. The molecule has 124 valence electrons. The molecule has 0 aliphatic carbocycles. The van der Waals surface area contributed by atoms with Crippen molar-refractivity contribution in [1.29, 1.82) is 0 Å². The smallest absolute Gasteiger partial charge is 0.418 e. The summed E-state index contributed by atoms with van der Waals surface area (Å²) in [5.74, 6) is -0.316. The van der Waals surface area contributed by atoms with Gasteiger partial charge in [0.15, 0.2) is 12.2 Å². The number of benzene rings is 2. The monoisotopic (exact) mass is 327 g/mol. The van der Waals surface area contributed by atoms with E-state index in [1.165, 1.54) is 0 Å². The van der Waals surface area contributed by atoms with E-state index in [0.29, 0.717) is 12.7 Å². The van der Waals surface area contributed by atoms with E-state index in [4.69, 9.17) is 4.74 Å². The van der Waals surface area contributed by atoms with Crippen LogP contribution in [0.25, 0.3) is 10.8 Å². The lowest BCUT2D eigenvalue weighted by Crippen LogP contribution is -2.51. The first kappa shape index (κ1) is 17.1. The van der Waals surface area contributed by atoms with Crippen LogP contribution in [0.15, 0.2) is 42.5 Å². The Hall–Kier alpha value is -2.28. The SMILES string of the molecule is CC(O)(CNC(=O)COc1ccc2ccccc2c1)C(F)(F)F. The summed E-state index contributed by atoms with van der Waals surface area (Å²) >= 11 is 0. The van der Waals surface area contributed by atoms with Gasteiger partial charge in [0.05, 0.1) is 6.54 Å². The second-order valence-electron chi connectivity index (χ2n) is 5.35. The highest BCUT2D eigenvalue weighted by Gasteiger charge is 2.49. The van der Waals surface area contributed by atoms with Gasteiger partial charge in [-0.25, -0.2) is 0 Å². The zero-order valence-corrected chi connectivity index (χ0v) is 12.4. The molecular weight excluding hydrogens is 311 g/mol. The van der Waals surface area contributed by atoms with E-state index < -0.39 is 30.8 Å². The molecule has 0 bridgehead atoms. The number of fused-ring (bicyclic) bond motifs is 1. The number of carbonyl (C=O) groups excluding carboxylic acids is 1. The zero-order valence-electron chi connectivity index (χ0n) is 12.4. The molecule has 2 aromatic carbocycles. The van der Waals surface area contributed by atoms with Gasteiger partial charge in [-0.3, -0.25) is 4.79 Å². The van der Waals surface area contributed by atoms with E-state index >= 15 is 0 Å². The van der Waals surface area contributed by atoms with Gasteiger partial charge in [-0.2, -0.15) is 13.2 Å². The van der Waals surface area contributed by atoms with Gasteiger partial charge >= 0.3 is 6.18 Å². The van der Waals surface area contributed by atoms with Crippen molar-refractivity contribution >= 4 is 16.7 Å². The maximum atomic E-state index is 12.5. The van der Waals surface area contributed by atoms with Crippen LogP contribution in [0.4, 0.5) is 13.2 Å². The fraction of sp³-hybridized carbons (Fsp3) is 0.312. The summed E-state index contributed by atoms with van der Waals surface area (Å²) in [5, 5.41) is 13.2. The van der Waals surface area contributed by atoms with Crippen LogP contribution < -0.4 is 10.1 Å². The van der Waals surface area contributed by atoms with Gasteiger partial charge in [-0.05, 0) is 29.8 Å². The molecule has 2 aromatic rings. The van der Waals surface area contributed by atoms with Crippen LogP contribution in [0.3, 0.4) is 0 Å². The van der Waals surface area contributed by atoms with E-state index in [1.807, 2.05) is 35.6 Å². The lowest BCUT2D eigenvalue weighted by atomic mass is 10.1. The number of hydrogen-bond acceptors (Lipinski definition) is 3. The van der Waals surface area contributed by atoms with Gasteiger partial charge < -0.3 is 15.2 Å². The van der Waals surface area contributed by atoms with Gasteiger partial charge in [0, 0.05) is 0 Å². The van der Waals surface area contributed by atoms with Crippen molar-refractivity contribution in [3.05, 3.63) is 42.5 Å². The second kappa shape index (κ2) is 6.45. The van der Waals surface area contributed by atoms with Crippen molar-refractivity contribution in [3.8, 4) is 5.75 Å². The number of amides is 1. The molecule has 2 rings (SSSR count). The fourth-order valence-corrected chi connectivity index (χ4v) is 1.83. The average Bonchev–Trinajstić information content (AvgIpc) is 2.49. The molecule has 7 heteroatoms. The Kier molecular flexibility index (Phi) is 4.79. The van der Waals surface area contributed by atoms with Crippen LogP contribution in [0.1, 0.15) is 6.92 Å². The topological polar surface area (TPSA) is 58.6 Å². The molecule has 0 spiro atoms. The standard InChI is InChI=1S/C16H16F3NO3/c1-15(22,16(17,18)19)10-20-14(21)9-23-13-7-6-11-4-2-3-5-12(11)8-13/h2-8,22H,9-10H2,1H3,(H,20,21). The number of ether oxygens (including phenoxy) is 1. The van der Waals surface area contributed by atoms with E-state index in [-0.39, 0.29) is 0 Å². The van der Waals surface area contributed by atoms with E-state index in [9.17, 15) is 23.1 Å². The summed E-state index contributed by atoms with van der Waals surface area (Å²) in [5.41, 5.74) is -2.98. The third kappa shape index (κ3) is 4.35. The molecule has 0 saturated carbocycles. The Morgan fingerprint density at radius 2 is 1.83 bits per heavy atom. The van der Waals surface area contributed by atoms with Crippen molar-refractivity contribution in [3.63, 3.8) is 0 Å². The lowest BCUT2D eigenvalue weighted by molar-refractivity contribution is -0.250. The summed E-state index contributed by atoms with van der Waals surface area (Å²) in [4.78, 5) is 11.5. The Morgan fingerprint density at radius 1 is 1.17 bits per heavy atom. The van der Waals surface area contributed by atoms with Crippen molar-refractivity contribution in [2.24, 2.45) is 0 Å². The molecule has 0 aliphatic rings. The number of carbonyl (C=O) groups is 1. The molecule has 23 heavy (non-hydrogen) atoms. The van der Waals surface area contributed by atoms with E-state index in [2.05, 4.69) is 0 Å². The highest BCUT2D eigenvalue weighted by atomic mass is 19.4. The number of nitrogens with one attached hydrogen (secondary N) is 1. The minimum atomic E-state index is -4.82. The van der Waals surface area contributed by atoms with Crippen LogP contribution >= 0.6 is 0 Å². The fourth-order valence-electron chi connectivity index (χ4n) is 1.83.